The lowest BCUT2D eigenvalue weighted by molar-refractivity contribution is 0.762. The lowest BCUT2D eigenvalue weighted by Gasteiger charge is -2.09. The fourth-order valence-corrected chi connectivity index (χ4v) is 4.51. The van der Waals surface area contributed by atoms with Gasteiger partial charge in [0.15, 0.2) is 0 Å². The van der Waals surface area contributed by atoms with E-state index in [0.29, 0.717) is 6.54 Å². The van der Waals surface area contributed by atoms with E-state index < -0.39 is 0 Å². The normalized spacial score (nSPS) is 11.3. The van der Waals surface area contributed by atoms with Gasteiger partial charge in [0, 0.05) is 27.4 Å². The van der Waals surface area contributed by atoms with Crippen molar-refractivity contribution in [1.29, 1.82) is 0 Å². The maximum atomic E-state index is 12.4. The Hall–Kier alpha value is -3.17. The Morgan fingerprint density at radius 1 is 0.741 bits per heavy atom. The van der Waals surface area contributed by atoms with Gasteiger partial charge in [0.25, 0.3) is 5.56 Å². The van der Waals surface area contributed by atoms with Crippen molar-refractivity contribution in [2.24, 2.45) is 0 Å². The molecule has 0 unspecified atom stereocenters. The summed E-state index contributed by atoms with van der Waals surface area (Å²) in [5, 5.41) is 3.65. The van der Waals surface area contributed by atoms with Crippen LogP contribution in [0, 0.1) is 0 Å². The van der Waals surface area contributed by atoms with E-state index in [9.17, 15) is 4.79 Å². The van der Waals surface area contributed by atoms with Gasteiger partial charge in [-0.15, -0.1) is 11.3 Å². The Labute approximate surface area is 161 Å². The van der Waals surface area contributed by atoms with Gasteiger partial charge in [0.05, 0.1) is 6.54 Å². The van der Waals surface area contributed by atoms with Crippen molar-refractivity contribution >= 4 is 32.2 Å². The predicted octanol–water partition coefficient (Wildman–Crippen LogP) is 5.93. The minimum atomic E-state index is 0.0213. The standard InChI is InChI=1S/C24H17NOS/c26-24-12-11-21(23-14-20-7-3-4-8-22(20)27-23)16-25(24)15-17-9-10-18-5-1-2-6-19(18)13-17/h1-14,16H,15H2. The average molecular weight is 367 g/mol. The molecule has 2 nitrogen and oxygen atoms in total. The van der Waals surface area contributed by atoms with Gasteiger partial charge in [-0.1, -0.05) is 54.6 Å². The number of fused-ring (bicyclic) bond motifs is 2. The zero-order chi connectivity index (χ0) is 18.2. The van der Waals surface area contributed by atoms with Crippen LogP contribution in [0.3, 0.4) is 0 Å². The third kappa shape index (κ3) is 3.07. The Kier molecular flexibility index (Phi) is 3.88. The summed E-state index contributed by atoms with van der Waals surface area (Å²) in [7, 11) is 0. The number of benzene rings is 3. The molecule has 2 aromatic heterocycles. The molecule has 0 atom stereocenters. The van der Waals surface area contributed by atoms with E-state index in [1.165, 1.54) is 25.7 Å². The molecule has 3 aromatic carbocycles. The zero-order valence-corrected chi connectivity index (χ0v) is 15.4. The molecular weight excluding hydrogens is 350 g/mol. The number of pyridine rings is 1. The van der Waals surface area contributed by atoms with Crippen LogP contribution in [-0.4, -0.2) is 4.57 Å². The van der Waals surface area contributed by atoms with Gasteiger partial charge in [0.1, 0.15) is 0 Å². The first kappa shape index (κ1) is 16.0. The van der Waals surface area contributed by atoms with Gasteiger partial charge in [0.2, 0.25) is 0 Å². The highest BCUT2D eigenvalue weighted by atomic mass is 32.1. The Morgan fingerprint density at radius 3 is 2.37 bits per heavy atom. The molecule has 5 aromatic rings. The van der Waals surface area contributed by atoms with Crippen LogP contribution in [0.1, 0.15) is 5.56 Å². The molecule has 0 aliphatic rings. The van der Waals surface area contributed by atoms with E-state index in [-0.39, 0.29) is 5.56 Å². The summed E-state index contributed by atoms with van der Waals surface area (Å²) in [5.41, 5.74) is 2.23. The van der Waals surface area contributed by atoms with Crippen LogP contribution in [-0.2, 0) is 6.54 Å². The summed E-state index contributed by atoms with van der Waals surface area (Å²) in [6.45, 7) is 0.572. The van der Waals surface area contributed by atoms with Gasteiger partial charge >= 0.3 is 0 Å². The smallest absolute Gasteiger partial charge is 0.250 e. The van der Waals surface area contributed by atoms with Crippen molar-refractivity contribution in [2.75, 3.05) is 0 Å². The van der Waals surface area contributed by atoms with Gasteiger partial charge in [-0.25, -0.2) is 0 Å². The van der Waals surface area contributed by atoms with Crippen LogP contribution in [0.15, 0.2) is 95.9 Å². The summed E-state index contributed by atoms with van der Waals surface area (Å²) in [5.74, 6) is 0. The topological polar surface area (TPSA) is 22.0 Å². The van der Waals surface area contributed by atoms with Gasteiger partial charge in [-0.2, -0.15) is 0 Å². The van der Waals surface area contributed by atoms with E-state index in [1.54, 1.807) is 22.0 Å². The molecule has 130 valence electrons. The fraction of sp³-hybridized carbons (Fsp3) is 0.0417. The molecular formula is C24H17NOS. The number of nitrogens with zero attached hydrogens (tertiary/aromatic N) is 1. The molecule has 2 heterocycles. The number of rotatable bonds is 3. The first-order chi connectivity index (χ1) is 13.3. The van der Waals surface area contributed by atoms with Crippen molar-refractivity contribution in [3.8, 4) is 10.4 Å². The molecule has 0 aliphatic heterocycles. The van der Waals surface area contributed by atoms with Crippen LogP contribution >= 0.6 is 11.3 Å². The van der Waals surface area contributed by atoms with Crippen LogP contribution in [0.5, 0.6) is 0 Å². The minimum absolute atomic E-state index is 0.0213. The highest BCUT2D eigenvalue weighted by molar-refractivity contribution is 7.22. The third-order valence-corrected chi connectivity index (χ3v) is 6.03. The Balaban J connectivity index is 1.53. The monoisotopic (exact) mass is 367 g/mol. The summed E-state index contributed by atoms with van der Waals surface area (Å²) in [6.07, 6.45) is 1.97. The maximum Gasteiger partial charge on any atom is 0.250 e. The molecule has 5 rings (SSSR count). The second-order valence-corrected chi connectivity index (χ2v) is 7.80. The summed E-state index contributed by atoms with van der Waals surface area (Å²) in [6, 6.07) is 28.8. The largest absolute Gasteiger partial charge is 0.310 e. The highest BCUT2D eigenvalue weighted by Crippen LogP contribution is 2.32. The zero-order valence-electron chi connectivity index (χ0n) is 14.6. The van der Waals surface area contributed by atoms with E-state index >= 15 is 0 Å². The molecule has 0 radical (unpaired) electrons. The van der Waals surface area contributed by atoms with Crippen molar-refractivity contribution in [2.45, 2.75) is 6.54 Å². The molecule has 0 amide bonds. The van der Waals surface area contributed by atoms with Crippen molar-refractivity contribution < 1.29 is 0 Å². The molecule has 27 heavy (non-hydrogen) atoms. The molecule has 3 heteroatoms. The van der Waals surface area contributed by atoms with Crippen LogP contribution in [0.4, 0.5) is 0 Å². The third-order valence-electron chi connectivity index (χ3n) is 4.86. The van der Waals surface area contributed by atoms with Crippen LogP contribution in [0.2, 0.25) is 0 Å². The van der Waals surface area contributed by atoms with Crippen molar-refractivity contribution in [1.82, 2.24) is 4.57 Å². The highest BCUT2D eigenvalue weighted by Gasteiger charge is 2.07. The number of hydrogen-bond donors (Lipinski definition) is 0. The molecule has 0 N–H and O–H groups in total. The quantitative estimate of drug-likeness (QED) is 0.387. The number of hydrogen-bond acceptors (Lipinski definition) is 2. The number of aromatic nitrogens is 1. The molecule has 0 bridgehead atoms. The van der Waals surface area contributed by atoms with E-state index in [4.69, 9.17) is 0 Å². The first-order valence-corrected chi connectivity index (χ1v) is 9.75. The maximum absolute atomic E-state index is 12.4. The van der Waals surface area contributed by atoms with Crippen LogP contribution < -0.4 is 5.56 Å². The van der Waals surface area contributed by atoms with Gasteiger partial charge < -0.3 is 4.57 Å². The van der Waals surface area contributed by atoms with Crippen LogP contribution in [0.25, 0.3) is 31.3 Å². The molecule has 0 aliphatic carbocycles. The van der Waals surface area contributed by atoms with Gasteiger partial charge in [-0.3, -0.25) is 4.79 Å². The second-order valence-electron chi connectivity index (χ2n) is 6.71. The summed E-state index contributed by atoms with van der Waals surface area (Å²) < 4.78 is 3.06. The Morgan fingerprint density at radius 2 is 1.52 bits per heavy atom. The first-order valence-electron chi connectivity index (χ1n) is 8.93. The average Bonchev–Trinajstić information content (AvgIpc) is 3.14. The Bertz CT molecular complexity index is 1300. The predicted molar refractivity (Wildman–Crippen MR) is 115 cm³/mol. The summed E-state index contributed by atoms with van der Waals surface area (Å²) >= 11 is 1.76. The van der Waals surface area contributed by atoms with Gasteiger partial charge in [-0.05, 0) is 46.0 Å². The molecule has 0 saturated heterocycles. The fourth-order valence-electron chi connectivity index (χ4n) is 3.46. The summed E-state index contributed by atoms with van der Waals surface area (Å²) in [4.78, 5) is 13.6. The van der Waals surface area contributed by atoms with Crippen molar-refractivity contribution in [3.05, 3.63) is 107 Å². The molecule has 0 spiro atoms. The number of thiophene rings is 1. The van der Waals surface area contributed by atoms with E-state index in [0.717, 1.165) is 11.1 Å². The van der Waals surface area contributed by atoms with Crippen molar-refractivity contribution in [3.63, 3.8) is 0 Å². The molecule has 0 fully saturated rings. The lowest BCUT2D eigenvalue weighted by Crippen LogP contribution is -2.18. The van der Waals surface area contributed by atoms with E-state index in [1.807, 2.05) is 24.4 Å². The lowest BCUT2D eigenvalue weighted by atomic mass is 10.1. The van der Waals surface area contributed by atoms with E-state index in [2.05, 4.69) is 60.7 Å². The molecule has 0 saturated carbocycles. The minimum Gasteiger partial charge on any atom is -0.310 e. The second kappa shape index (κ2) is 6.53. The SMILES string of the molecule is O=c1ccc(-c2cc3ccccc3s2)cn1Cc1ccc2ccccc2c1.